The summed E-state index contributed by atoms with van der Waals surface area (Å²) < 4.78 is 15.3. The van der Waals surface area contributed by atoms with Gasteiger partial charge in [-0.3, -0.25) is 14.9 Å². The summed E-state index contributed by atoms with van der Waals surface area (Å²) in [6.45, 7) is -0.241. The van der Waals surface area contributed by atoms with Gasteiger partial charge in [0.1, 0.15) is 0 Å². The van der Waals surface area contributed by atoms with Crippen molar-refractivity contribution in [2.45, 2.75) is 19.4 Å². The Kier molecular flexibility index (Phi) is 8.50. The van der Waals surface area contributed by atoms with Gasteiger partial charge in [-0.15, -0.1) is 0 Å². The van der Waals surface area contributed by atoms with Crippen LogP contribution >= 0.6 is 0 Å². The molecule has 0 fully saturated rings. The predicted molar refractivity (Wildman–Crippen MR) is 106 cm³/mol. The summed E-state index contributed by atoms with van der Waals surface area (Å²) in [4.78, 5) is 35.2. The van der Waals surface area contributed by atoms with E-state index in [0.717, 1.165) is 11.1 Å². The zero-order valence-corrected chi connectivity index (χ0v) is 16.4. The van der Waals surface area contributed by atoms with Crippen molar-refractivity contribution in [1.29, 1.82) is 0 Å². The number of ether oxygens (including phenoxy) is 3. The number of hydrogen-bond donors (Lipinski definition) is 2. The van der Waals surface area contributed by atoms with Gasteiger partial charge >= 0.3 is 12.0 Å². The van der Waals surface area contributed by atoms with Crippen LogP contribution in [0.25, 0.3) is 0 Å². The van der Waals surface area contributed by atoms with Crippen LogP contribution in [0.4, 0.5) is 4.79 Å². The molecule has 0 spiro atoms. The first-order valence-electron chi connectivity index (χ1n) is 9.00. The number of imide groups is 1. The number of methoxy groups -OCH3 is 2. The lowest BCUT2D eigenvalue weighted by Gasteiger charge is -2.10. The van der Waals surface area contributed by atoms with Crippen molar-refractivity contribution in [3.63, 3.8) is 0 Å². The Morgan fingerprint density at radius 1 is 0.897 bits per heavy atom. The third-order valence-corrected chi connectivity index (χ3v) is 3.98. The minimum atomic E-state index is -0.699. The lowest BCUT2D eigenvalue weighted by atomic mass is 10.1. The molecule has 8 heteroatoms. The topological polar surface area (TPSA) is 103 Å². The molecule has 0 aliphatic heterocycles. The van der Waals surface area contributed by atoms with E-state index in [1.54, 1.807) is 19.2 Å². The van der Waals surface area contributed by atoms with Crippen LogP contribution in [0.3, 0.4) is 0 Å². The monoisotopic (exact) mass is 400 g/mol. The minimum absolute atomic E-state index is 0.0863. The van der Waals surface area contributed by atoms with Gasteiger partial charge in [-0.25, -0.2) is 4.79 Å². The van der Waals surface area contributed by atoms with Crippen molar-refractivity contribution in [3.05, 3.63) is 59.7 Å². The predicted octanol–water partition coefficient (Wildman–Crippen LogP) is 2.21. The van der Waals surface area contributed by atoms with Gasteiger partial charge in [0, 0.05) is 13.0 Å². The van der Waals surface area contributed by atoms with Crippen LogP contribution in [0.15, 0.2) is 48.5 Å². The van der Waals surface area contributed by atoms with Gasteiger partial charge in [-0.05, 0) is 29.7 Å². The number of rotatable bonds is 9. The number of benzene rings is 2. The summed E-state index contributed by atoms with van der Waals surface area (Å²) in [5.41, 5.74) is 1.76. The third-order valence-electron chi connectivity index (χ3n) is 3.98. The summed E-state index contributed by atoms with van der Waals surface area (Å²) in [6, 6.07) is 14.0. The van der Waals surface area contributed by atoms with E-state index in [9.17, 15) is 14.4 Å². The summed E-state index contributed by atoms with van der Waals surface area (Å²) in [6.07, 6.45) is 0.501. The van der Waals surface area contributed by atoms with Crippen LogP contribution in [0, 0.1) is 0 Å². The van der Waals surface area contributed by atoms with Crippen LogP contribution in [0.2, 0.25) is 0 Å². The number of hydrogen-bond acceptors (Lipinski definition) is 6. The van der Waals surface area contributed by atoms with E-state index in [4.69, 9.17) is 14.2 Å². The highest BCUT2D eigenvalue weighted by Crippen LogP contribution is 2.27. The Morgan fingerprint density at radius 2 is 1.62 bits per heavy atom. The number of carbonyl (C=O) groups excluding carboxylic acids is 3. The van der Waals surface area contributed by atoms with E-state index < -0.39 is 24.5 Å². The molecule has 2 aromatic rings. The molecule has 2 rings (SSSR count). The molecule has 2 N–H and O–H groups in total. The van der Waals surface area contributed by atoms with Crippen molar-refractivity contribution in [1.82, 2.24) is 10.6 Å². The van der Waals surface area contributed by atoms with E-state index in [1.807, 2.05) is 36.4 Å². The number of aryl methyl sites for hydroxylation is 1. The first kappa shape index (κ1) is 21.7. The molecule has 154 valence electrons. The Balaban J connectivity index is 1.67. The molecule has 0 bridgehead atoms. The van der Waals surface area contributed by atoms with Gasteiger partial charge in [0.05, 0.1) is 14.2 Å². The highest BCUT2D eigenvalue weighted by Gasteiger charge is 2.12. The molecule has 0 heterocycles. The van der Waals surface area contributed by atoms with Crippen LogP contribution in [0.5, 0.6) is 11.5 Å². The molecule has 0 aliphatic carbocycles. The highest BCUT2D eigenvalue weighted by molar-refractivity contribution is 5.95. The fourth-order valence-corrected chi connectivity index (χ4v) is 2.49. The van der Waals surface area contributed by atoms with Crippen LogP contribution < -0.4 is 20.1 Å². The van der Waals surface area contributed by atoms with E-state index in [0.29, 0.717) is 17.9 Å². The number of urea groups is 1. The Morgan fingerprint density at radius 3 is 2.31 bits per heavy atom. The zero-order chi connectivity index (χ0) is 21.1. The fraction of sp³-hybridized carbons (Fsp3) is 0.286. The molecule has 8 nitrogen and oxygen atoms in total. The molecule has 3 amide bonds. The average Bonchev–Trinajstić information content (AvgIpc) is 2.75. The summed E-state index contributed by atoms with van der Waals surface area (Å²) in [7, 11) is 3.08. The smallest absolute Gasteiger partial charge is 0.321 e. The largest absolute Gasteiger partial charge is 0.493 e. The van der Waals surface area contributed by atoms with Gasteiger partial charge in [-0.2, -0.15) is 0 Å². The minimum Gasteiger partial charge on any atom is -0.493 e. The second kappa shape index (κ2) is 11.3. The zero-order valence-electron chi connectivity index (χ0n) is 16.4. The maximum atomic E-state index is 11.8. The van der Waals surface area contributed by atoms with Gasteiger partial charge in [-0.1, -0.05) is 36.4 Å². The molecule has 0 aromatic heterocycles. The SMILES string of the molecule is COc1ccc(CCC(=O)OCC(=O)NC(=O)NCc2ccccc2)cc1OC. The lowest BCUT2D eigenvalue weighted by Crippen LogP contribution is -2.41. The molecule has 0 radical (unpaired) electrons. The van der Waals surface area contributed by atoms with Crippen molar-refractivity contribution in [2.24, 2.45) is 0 Å². The van der Waals surface area contributed by atoms with E-state index in [2.05, 4.69) is 10.6 Å². The molecular formula is C21H24N2O6. The standard InChI is InChI=1S/C21H24N2O6/c1-27-17-10-8-15(12-18(17)28-2)9-11-20(25)29-14-19(24)23-21(26)22-13-16-6-4-3-5-7-16/h3-8,10,12H,9,11,13-14H2,1-2H3,(H2,22,23,24,26). The van der Waals surface area contributed by atoms with Crippen molar-refractivity contribution < 1.29 is 28.6 Å². The van der Waals surface area contributed by atoms with Crippen molar-refractivity contribution in [3.8, 4) is 11.5 Å². The second-order valence-electron chi connectivity index (χ2n) is 6.07. The van der Waals surface area contributed by atoms with Crippen molar-refractivity contribution >= 4 is 17.9 Å². The first-order valence-corrected chi connectivity index (χ1v) is 9.00. The number of esters is 1. The number of carbonyl (C=O) groups is 3. The van der Waals surface area contributed by atoms with E-state index in [1.165, 1.54) is 7.11 Å². The van der Waals surface area contributed by atoms with Gasteiger partial charge in [0.2, 0.25) is 0 Å². The maximum absolute atomic E-state index is 11.8. The molecule has 0 atom stereocenters. The summed E-state index contributed by atoms with van der Waals surface area (Å²) >= 11 is 0. The Labute approximate surface area is 169 Å². The van der Waals surface area contributed by atoms with Crippen LogP contribution in [-0.2, 0) is 27.3 Å². The fourth-order valence-electron chi connectivity index (χ4n) is 2.49. The van der Waals surface area contributed by atoms with Gasteiger partial charge < -0.3 is 19.5 Å². The molecule has 29 heavy (non-hydrogen) atoms. The Bertz CT molecular complexity index is 838. The molecule has 0 saturated heterocycles. The Hall–Kier alpha value is -3.55. The van der Waals surface area contributed by atoms with Crippen LogP contribution in [0.1, 0.15) is 17.5 Å². The second-order valence-corrected chi connectivity index (χ2v) is 6.07. The average molecular weight is 400 g/mol. The molecule has 0 unspecified atom stereocenters. The highest BCUT2D eigenvalue weighted by atomic mass is 16.5. The summed E-state index contributed by atoms with van der Waals surface area (Å²) in [5.74, 6) is -0.0741. The third kappa shape index (κ3) is 7.53. The summed E-state index contributed by atoms with van der Waals surface area (Å²) in [5, 5.41) is 4.66. The molecule has 0 saturated carbocycles. The van der Waals surface area contributed by atoms with Gasteiger partial charge in [0.25, 0.3) is 5.91 Å². The number of amides is 3. The maximum Gasteiger partial charge on any atom is 0.321 e. The molecule has 0 aliphatic rings. The first-order chi connectivity index (χ1) is 14.0. The normalized spacial score (nSPS) is 10.0. The van der Waals surface area contributed by atoms with Crippen molar-refractivity contribution in [2.75, 3.05) is 20.8 Å². The van der Waals surface area contributed by atoms with E-state index in [-0.39, 0.29) is 13.0 Å². The van der Waals surface area contributed by atoms with Gasteiger partial charge in [0.15, 0.2) is 18.1 Å². The van der Waals surface area contributed by atoms with Crippen LogP contribution in [-0.4, -0.2) is 38.7 Å². The molecular weight excluding hydrogens is 376 g/mol. The lowest BCUT2D eigenvalue weighted by molar-refractivity contribution is -0.148. The quantitative estimate of drug-likeness (QED) is 0.626. The number of nitrogens with one attached hydrogen (secondary N) is 2. The van der Waals surface area contributed by atoms with E-state index >= 15 is 0 Å². The molecule has 2 aromatic carbocycles.